The molecule has 3 N–H and O–H groups in total. The van der Waals surface area contributed by atoms with Gasteiger partial charge in [-0.25, -0.2) is 0 Å². The fraction of sp³-hybridized carbons (Fsp3) is 1.00. The number of aliphatic hydroxyl groups is 1. The zero-order valence-corrected chi connectivity index (χ0v) is 10.4. The molecule has 2 atom stereocenters. The molecule has 2 unspecified atom stereocenters. The summed E-state index contributed by atoms with van der Waals surface area (Å²) in [5.41, 5.74) is 5.68. The van der Waals surface area contributed by atoms with E-state index in [1.807, 2.05) is 6.92 Å². The summed E-state index contributed by atoms with van der Waals surface area (Å²) >= 11 is 0. The van der Waals surface area contributed by atoms with Crippen LogP contribution in [0.15, 0.2) is 0 Å². The molecule has 0 amide bonds. The summed E-state index contributed by atoms with van der Waals surface area (Å²) in [4.78, 5) is 2.43. The van der Waals surface area contributed by atoms with Crippen molar-refractivity contribution in [2.45, 2.75) is 32.3 Å². The van der Waals surface area contributed by atoms with Crippen LogP contribution in [0.1, 0.15) is 26.2 Å². The molecular weight excluding hydrogens is 204 g/mol. The van der Waals surface area contributed by atoms with Crippen LogP contribution >= 0.6 is 0 Å². The van der Waals surface area contributed by atoms with E-state index in [0.29, 0.717) is 19.1 Å². The van der Waals surface area contributed by atoms with Gasteiger partial charge in [0.05, 0.1) is 6.10 Å². The molecular formula is C12H26N2O2. The highest BCUT2D eigenvalue weighted by Crippen LogP contribution is 2.19. The third kappa shape index (κ3) is 4.78. The Labute approximate surface area is 98.8 Å². The summed E-state index contributed by atoms with van der Waals surface area (Å²) in [6.07, 6.45) is 3.57. The Kier molecular flexibility index (Phi) is 6.96. The second-order valence-corrected chi connectivity index (χ2v) is 4.59. The van der Waals surface area contributed by atoms with Gasteiger partial charge in [0.15, 0.2) is 0 Å². The number of hydrogen-bond donors (Lipinski definition) is 2. The first-order valence-electron chi connectivity index (χ1n) is 6.45. The molecule has 0 aliphatic carbocycles. The van der Waals surface area contributed by atoms with E-state index in [-0.39, 0.29) is 6.10 Å². The molecule has 1 fully saturated rings. The molecule has 1 aliphatic rings. The molecule has 0 bridgehead atoms. The molecule has 96 valence electrons. The molecule has 0 aromatic rings. The Hall–Kier alpha value is -0.160. The fourth-order valence-electron chi connectivity index (χ4n) is 2.45. The van der Waals surface area contributed by atoms with Gasteiger partial charge < -0.3 is 20.5 Å². The summed E-state index contributed by atoms with van der Waals surface area (Å²) < 4.78 is 5.57. The molecule has 16 heavy (non-hydrogen) atoms. The van der Waals surface area contributed by atoms with Gasteiger partial charge in [0.1, 0.15) is 0 Å². The van der Waals surface area contributed by atoms with E-state index in [2.05, 4.69) is 4.90 Å². The van der Waals surface area contributed by atoms with Gasteiger partial charge in [-0.1, -0.05) is 0 Å². The molecule has 1 saturated heterocycles. The highest BCUT2D eigenvalue weighted by atomic mass is 16.5. The van der Waals surface area contributed by atoms with Gasteiger partial charge in [-0.2, -0.15) is 0 Å². The highest BCUT2D eigenvalue weighted by molar-refractivity contribution is 4.75. The van der Waals surface area contributed by atoms with Crippen LogP contribution in [0.5, 0.6) is 0 Å². The minimum Gasteiger partial charge on any atom is -0.396 e. The maximum Gasteiger partial charge on any atom is 0.0823 e. The number of likely N-dealkylation sites (tertiary alicyclic amines) is 1. The van der Waals surface area contributed by atoms with Crippen LogP contribution in [0.3, 0.4) is 0 Å². The number of nitrogens with two attached hydrogens (primary N) is 1. The molecule has 1 heterocycles. The van der Waals surface area contributed by atoms with Gasteiger partial charge in [0.25, 0.3) is 0 Å². The maximum absolute atomic E-state index is 8.95. The normalized spacial score (nSPS) is 24.6. The van der Waals surface area contributed by atoms with Gasteiger partial charge in [0.2, 0.25) is 0 Å². The van der Waals surface area contributed by atoms with Crippen molar-refractivity contribution in [3.8, 4) is 0 Å². The van der Waals surface area contributed by atoms with Crippen LogP contribution in [0.25, 0.3) is 0 Å². The lowest BCUT2D eigenvalue weighted by Crippen LogP contribution is -2.43. The van der Waals surface area contributed by atoms with Gasteiger partial charge in [-0.05, 0) is 38.6 Å². The van der Waals surface area contributed by atoms with E-state index >= 15 is 0 Å². The summed E-state index contributed by atoms with van der Waals surface area (Å²) in [7, 11) is 0. The zero-order valence-electron chi connectivity index (χ0n) is 10.4. The Morgan fingerprint density at radius 3 is 3.00 bits per heavy atom. The van der Waals surface area contributed by atoms with E-state index in [4.69, 9.17) is 15.6 Å². The summed E-state index contributed by atoms with van der Waals surface area (Å²) in [5, 5.41) is 8.95. The van der Waals surface area contributed by atoms with Crippen molar-refractivity contribution in [1.29, 1.82) is 0 Å². The van der Waals surface area contributed by atoms with Crippen molar-refractivity contribution in [3.63, 3.8) is 0 Å². The smallest absolute Gasteiger partial charge is 0.0823 e. The topological polar surface area (TPSA) is 58.7 Å². The number of aliphatic hydroxyl groups excluding tert-OH is 1. The molecule has 0 saturated carbocycles. The van der Waals surface area contributed by atoms with Crippen LogP contribution < -0.4 is 5.73 Å². The first kappa shape index (κ1) is 13.9. The SMILES string of the molecule is CCOC(CN)CN1CCCC(CCO)C1. The first-order chi connectivity index (χ1) is 7.80. The van der Waals surface area contributed by atoms with Gasteiger partial charge in [-0.3, -0.25) is 0 Å². The zero-order chi connectivity index (χ0) is 11.8. The standard InChI is InChI=1S/C12H26N2O2/c1-2-16-12(8-13)10-14-6-3-4-11(9-14)5-7-15/h11-12,15H,2-10,13H2,1H3. The van der Waals surface area contributed by atoms with Gasteiger partial charge in [-0.15, -0.1) is 0 Å². The second-order valence-electron chi connectivity index (χ2n) is 4.59. The predicted molar refractivity (Wildman–Crippen MR) is 65.3 cm³/mol. The number of nitrogens with zero attached hydrogens (tertiary/aromatic N) is 1. The number of hydrogen-bond acceptors (Lipinski definition) is 4. The first-order valence-corrected chi connectivity index (χ1v) is 6.45. The fourth-order valence-corrected chi connectivity index (χ4v) is 2.45. The summed E-state index contributed by atoms with van der Waals surface area (Å²) in [5.74, 6) is 0.652. The molecule has 4 nitrogen and oxygen atoms in total. The molecule has 0 spiro atoms. The minimum absolute atomic E-state index is 0.165. The van der Waals surface area contributed by atoms with E-state index in [1.165, 1.54) is 12.8 Å². The molecule has 0 radical (unpaired) electrons. The van der Waals surface area contributed by atoms with Crippen molar-refractivity contribution in [2.24, 2.45) is 11.7 Å². The predicted octanol–water partition coefficient (Wildman–Crippen LogP) is 0.445. The molecule has 1 rings (SSSR count). The van der Waals surface area contributed by atoms with Gasteiger partial charge >= 0.3 is 0 Å². The summed E-state index contributed by atoms with van der Waals surface area (Å²) in [6, 6.07) is 0. The lowest BCUT2D eigenvalue weighted by molar-refractivity contribution is 0.0259. The van der Waals surface area contributed by atoms with E-state index < -0.39 is 0 Å². The lowest BCUT2D eigenvalue weighted by atomic mass is 9.95. The van der Waals surface area contributed by atoms with Crippen molar-refractivity contribution < 1.29 is 9.84 Å². The third-order valence-corrected chi connectivity index (χ3v) is 3.27. The van der Waals surface area contributed by atoms with Crippen molar-refractivity contribution in [2.75, 3.05) is 39.4 Å². The average molecular weight is 230 g/mol. The van der Waals surface area contributed by atoms with Crippen LogP contribution in [0.2, 0.25) is 0 Å². The Morgan fingerprint density at radius 2 is 2.38 bits per heavy atom. The average Bonchev–Trinajstić information content (AvgIpc) is 2.29. The molecule has 0 aromatic carbocycles. The van der Waals surface area contributed by atoms with Gasteiger partial charge in [0, 0.05) is 32.8 Å². The summed E-state index contributed by atoms with van der Waals surface area (Å²) in [6.45, 7) is 6.81. The second kappa shape index (κ2) is 8.01. The number of rotatable bonds is 7. The largest absolute Gasteiger partial charge is 0.396 e. The molecule has 1 aliphatic heterocycles. The van der Waals surface area contributed by atoms with Crippen LogP contribution in [0, 0.1) is 5.92 Å². The van der Waals surface area contributed by atoms with E-state index in [0.717, 1.165) is 32.7 Å². The Bertz CT molecular complexity index is 176. The van der Waals surface area contributed by atoms with Crippen LogP contribution in [-0.4, -0.2) is 55.5 Å². The molecule has 4 heteroatoms. The minimum atomic E-state index is 0.165. The monoisotopic (exact) mass is 230 g/mol. The number of ether oxygens (including phenoxy) is 1. The molecule has 0 aromatic heterocycles. The van der Waals surface area contributed by atoms with E-state index in [9.17, 15) is 0 Å². The maximum atomic E-state index is 8.95. The lowest BCUT2D eigenvalue weighted by Gasteiger charge is -2.34. The number of piperidine rings is 1. The van der Waals surface area contributed by atoms with Crippen molar-refractivity contribution in [3.05, 3.63) is 0 Å². The highest BCUT2D eigenvalue weighted by Gasteiger charge is 2.21. The Morgan fingerprint density at radius 1 is 1.56 bits per heavy atom. The van der Waals surface area contributed by atoms with E-state index in [1.54, 1.807) is 0 Å². The van der Waals surface area contributed by atoms with Crippen LogP contribution in [-0.2, 0) is 4.74 Å². The quantitative estimate of drug-likeness (QED) is 0.666. The van der Waals surface area contributed by atoms with Crippen molar-refractivity contribution in [1.82, 2.24) is 4.90 Å². The third-order valence-electron chi connectivity index (χ3n) is 3.27. The Balaban J connectivity index is 2.29. The van der Waals surface area contributed by atoms with Crippen molar-refractivity contribution >= 4 is 0 Å². The van der Waals surface area contributed by atoms with Crippen LogP contribution in [0.4, 0.5) is 0 Å².